The van der Waals surface area contributed by atoms with Gasteiger partial charge in [0.15, 0.2) is 0 Å². The van der Waals surface area contributed by atoms with Crippen LogP contribution in [-0.4, -0.2) is 22.6 Å². The first-order valence-corrected chi connectivity index (χ1v) is 7.51. The molecule has 1 aliphatic rings. The first-order valence-electron chi connectivity index (χ1n) is 7.51. The highest BCUT2D eigenvalue weighted by atomic mass is 16.6. The van der Waals surface area contributed by atoms with Crippen molar-refractivity contribution in [3.63, 3.8) is 0 Å². The maximum absolute atomic E-state index is 11.8. The number of rotatable bonds is 8. The molecule has 1 fully saturated rings. The summed E-state index contributed by atoms with van der Waals surface area (Å²) in [6.07, 6.45) is 9.21. The molecule has 19 heavy (non-hydrogen) atoms. The number of carboxylic acid groups (broad SMARTS) is 1. The molecule has 0 aromatic heterocycles. The molecule has 0 radical (unpaired) electrons. The molecule has 1 aliphatic carbocycles. The van der Waals surface area contributed by atoms with Crippen molar-refractivity contribution in [2.24, 2.45) is 0 Å². The number of hydrogen-bond donors (Lipinski definition) is 1. The van der Waals surface area contributed by atoms with Crippen molar-refractivity contribution >= 4 is 11.9 Å². The zero-order chi connectivity index (χ0) is 14.1. The summed E-state index contributed by atoms with van der Waals surface area (Å²) in [4.78, 5) is 22.3. The van der Waals surface area contributed by atoms with Gasteiger partial charge in [0.25, 0.3) is 0 Å². The predicted molar refractivity (Wildman–Crippen MR) is 72.9 cm³/mol. The van der Waals surface area contributed by atoms with Gasteiger partial charge in [-0.2, -0.15) is 0 Å². The topological polar surface area (TPSA) is 63.6 Å². The fourth-order valence-corrected chi connectivity index (χ4v) is 2.77. The first kappa shape index (κ1) is 16.0. The number of unbranched alkanes of at least 4 members (excludes halogenated alkanes) is 1. The van der Waals surface area contributed by atoms with Crippen molar-refractivity contribution < 1.29 is 19.4 Å². The average Bonchev–Trinajstić information content (AvgIpc) is 2.37. The van der Waals surface area contributed by atoms with E-state index in [2.05, 4.69) is 6.92 Å². The van der Waals surface area contributed by atoms with E-state index in [1.807, 2.05) is 0 Å². The number of esters is 1. The highest BCUT2D eigenvalue weighted by Crippen LogP contribution is 2.36. The van der Waals surface area contributed by atoms with Crippen molar-refractivity contribution in [1.82, 2.24) is 0 Å². The highest BCUT2D eigenvalue weighted by molar-refractivity contribution is 5.71. The smallest absolute Gasteiger partial charge is 0.306 e. The molecule has 0 heterocycles. The molecule has 0 atom stereocenters. The van der Waals surface area contributed by atoms with Crippen molar-refractivity contribution in [2.75, 3.05) is 0 Å². The molecule has 0 spiro atoms. The van der Waals surface area contributed by atoms with E-state index in [-0.39, 0.29) is 24.4 Å². The van der Waals surface area contributed by atoms with Crippen LogP contribution >= 0.6 is 0 Å². The summed E-state index contributed by atoms with van der Waals surface area (Å²) in [5.74, 6) is -1.08. The van der Waals surface area contributed by atoms with Gasteiger partial charge in [0.2, 0.25) is 0 Å². The van der Waals surface area contributed by atoms with Gasteiger partial charge < -0.3 is 9.84 Å². The molecule has 0 aliphatic heterocycles. The molecule has 0 amide bonds. The molecule has 110 valence electrons. The number of carbonyl (C=O) groups is 2. The van der Waals surface area contributed by atoms with Gasteiger partial charge in [-0.3, -0.25) is 9.59 Å². The Bertz CT molecular complexity index is 293. The minimum atomic E-state index is -0.855. The largest absolute Gasteiger partial charge is 0.481 e. The summed E-state index contributed by atoms with van der Waals surface area (Å²) in [6.45, 7) is 2.14. The zero-order valence-electron chi connectivity index (χ0n) is 12.0. The Kier molecular flexibility index (Phi) is 6.89. The predicted octanol–water partition coefficient (Wildman–Crippen LogP) is 3.68. The van der Waals surface area contributed by atoms with Crippen molar-refractivity contribution in [2.45, 2.75) is 83.2 Å². The van der Waals surface area contributed by atoms with E-state index >= 15 is 0 Å². The number of aliphatic carboxylic acids is 1. The lowest BCUT2D eigenvalue weighted by atomic mass is 9.81. The van der Waals surface area contributed by atoms with E-state index in [1.54, 1.807) is 0 Å². The second-order valence-electron chi connectivity index (χ2n) is 5.57. The van der Waals surface area contributed by atoms with Crippen molar-refractivity contribution in [3.8, 4) is 0 Å². The van der Waals surface area contributed by atoms with Gasteiger partial charge in [0.1, 0.15) is 5.60 Å². The fourth-order valence-electron chi connectivity index (χ4n) is 2.77. The molecule has 0 bridgehead atoms. The van der Waals surface area contributed by atoms with Crippen LogP contribution in [0, 0.1) is 0 Å². The Morgan fingerprint density at radius 2 is 1.79 bits per heavy atom. The molecule has 1 N–H and O–H groups in total. The molecular weight excluding hydrogens is 244 g/mol. The molecule has 0 saturated heterocycles. The van der Waals surface area contributed by atoms with Gasteiger partial charge in [-0.05, 0) is 44.9 Å². The van der Waals surface area contributed by atoms with Crippen LogP contribution in [0.3, 0.4) is 0 Å². The SMILES string of the molecule is CCCCC1(OC(=O)CCCC(=O)O)CCCCC1. The molecule has 0 aromatic carbocycles. The lowest BCUT2D eigenvalue weighted by Crippen LogP contribution is -2.37. The number of carbonyl (C=O) groups excluding carboxylic acids is 1. The first-order chi connectivity index (χ1) is 9.08. The Morgan fingerprint density at radius 1 is 1.11 bits per heavy atom. The van der Waals surface area contributed by atoms with Gasteiger partial charge in [-0.1, -0.05) is 19.8 Å². The van der Waals surface area contributed by atoms with E-state index < -0.39 is 5.97 Å². The van der Waals surface area contributed by atoms with E-state index in [4.69, 9.17) is 9.84 Å². The summed E-state index contributed by atoms with van der Waals surface area (Å²) in [6, 6.07) is 0. The third-order valence-corrected chi connectivity index (χ3v) is 3.85. The third-order valence-electron chi connectivity index (χ3n) is 3.85. The summed E-state index contributed by atoms with van der Waals surface area (Å²) in [7, 11) is 0. The van der Waals surface area contributed by atoms with Crippen LogP contribution in [0.1, 0.15) is 77.6 Å². The maximum Gasteiger partial charge on any atom is 0.306 e. The molecule has 0 aromatic rings. The van der Waals surface area contributed by atoms with Gasteiger partial charge in [-0.25, -0.2) is 0 Å². The number of carboxylic acids is 1. The molecule has 0 unspecified atom stereocenters. The number of ether oxygens (including phenoxy) is 1. The Balaban J connectivity index is 2.42. The standard InChI is InChI=1S/C15H26O4/c1-2-3-10-15(11-5-4-6-12-15)19-14(18)9-7-8-13(16)17/h2-12H2,1H3,(H,16,17). The lowest BCUT2D eigenvalue weighted by Gasteiger charge is -2.37. The quantitative estimate of drug-likeness (QED) is 0.683. The monoisotopic (exact) mass is 270 g/mol. The van der Waals surface area contributed by atoms with E-state index in [0.717, 1.165) is 44.9 Å². The van der Waals surface area contributed by atoms with Gasteiger partial charge in [0.05, 0.1) is 0 Å². The molecular formula is C15H26O4. The van der Waals surface area contributed by atoms with Crippen molar-refractivity contribution in [1.29, 1.82) is 0 Å². The zero-order valence-corrected chi connectivity index (χ0v) is 12.0. The fraction of sp³-hybridized carbons (Fsp3) is 0.867. The molecule has 1 saturated carbocycles. The normalized spacial score (nSPS) is 17.9. The third kappa shape index (κ3) is 6.08. The Labute approximate surface area is 115 Å². The summed E-state index contributed by atoms with van der Waals surface area (Å²) in [5.41, 5.74) is -0.255. The molecule has 4 nitrogen and oxygen atoms in total. The van der Waals surface area contributed by atoms with Gasteiger partial charge >= 0.3 is 11.9 Å². The summed E-state index contributed by atoms with van der Waals surface area (Å²) >= 11 is 0. The highest BCUT2D eigenvalue weighted by Gasteiger charge is 2.34. The van der Waals surface area contributed by atoms with E-state index in [9.17, 15) is 9.59 Å². The van der Waals surface area contributed by atoms with Crippen molar-refractivity contribution in [3.05, 3.63) is 0 Å². The van der Waals surface area contributed by atoms with Gasteiger partial charge in [0, 0.05) is 12.8 Å². The van der Waals surface area contributed by atoms with E-state index in [0.29, 0.717) is 6.42 Å². The Morgan fingerprint density at radius 3 is 2.37 bits per heavy atom. The van der Waals surface area contributed by atoms with Crippen LogP contribution in [0.15, 0.2) is 0 Å². The van der Waals surface area contributed by atoms with Crippen LogP contribution in [0.2, 0.25) is 0 Å². The lowest BCUT2D eigenvalue weighted by molar-refractivity contribution is -0.164. The van der Waals surface area contributed by atoms with E-state index in [1.165, 1.54) is 6.42 Å². The van der Waals surface area contributed by atoms with Crippen LogP contribution in [0.5, 0.6) is 0 Å². The minimum absolute atomic E-state index is 0.0387. The summed E-state index contributed by atoms with van der Waals surface area (Å²) < 4.78 is 5.73. The van der Waals surface area contributed by atoms with Gasteiger partial charge in [-0.15, -0.1) is 0 Å². The van der Waals surface area contributed by atoms with Crippen LogP contribution < -0.4 is 0 Å². The second kappa shape index (κ2) is 8.18. The molecule has 1 rings (SSSR count). The number of hydrogen-bond acceptors (Lipinski definition) is 3. The molecule has 4 heteroatoms. The van der Waals surface area contributed by atoms with Crippen LogP contribution in [0.4, 0.5) is 0 Å². The minimum Gasteiger partial charge on any atom is -0.481 e. The van der Waals surface area contributed by atoms with Crippen LogP contribution in [-0.2, 0) is 14.3 Å². The Hall–Kier alpha value is -1.06. The summed E-state index contributed by atoms with van der Waals surface area (Å²) in [5, 5.41) is 8.56. The average molecular weight is 270 g/mol. The second-order valence-corrected chi connectivity index (χ2v) is 5.57. The van der Waals surface area contributed by atoms with Crippen LogP contribution in [0.25, 0.3) is 0 Å². The maximum atomic E-state index is 11.8.